The third-order valence-corrected chi connectivity index (χ3v) is 6.49. The molecule has 7 nitrogen and oxygen atoms in total. The van der Waals surface area contributed by atoms with Crippen LogP contribution >= 0.6 is 0 Å². The molecule has 182 valence electrons. The van der Waals surface area contributed by atoms with Gasteiger partial charge in [0.1, 0.15) is 11.4 Å². The van der Waals surface area contributed by atoms with Crippen molar-refractivity contribution in [2.24, 2.45) is 16.6 Å². The number of guanidine groups is 1. The van der Waals surface area contributed by atoms with E-state index in [0.717, 1.165) is 56.4 Å². The topological polar surface area (TPSA) is 97.0 Å². The minimum atomic E-state index is -0.302. The number of fused-ring (bicyclic) bond motifs is 1. The SMILES string of the molecule is CC.CC1(C)CC(NC=O)c2cc(CCCCC3CC(=O)N(CC4CC4)C(N)=N3)ccc2O1. The third-order valence-electron chi connectivity index (χ3n) is 6.49. The molecule has 0 saturated heterocycles. The minimum absolute atomic E-state index is 0.00305. The van der Waals surface area contributed by atoms with E-state index in [1.54, 1.807) is 4.90 Å². The van der Waals surface area contributed by atoms with Crippen molar-refractivity contribution >= 4 is 18.3 Å². The second-order valence-electron chi connectivity index (χ2n) is 9.81. The van der Waals surface area contributed by atoms with Crippen molar-refractivity contribution in [2.75, 3.05) is 6.54 Å². The second-order valence-corrected chi connectivity index (χ2v) is 9.81. The molecule has 2 unspecified atom stereocenters. The van der Waals surface area contributed by atoms with E-state index in [0.29, 0.717) is 18.3 Å². The zero-order valence-corrected chi connectivity index (χ0v) is 20.6. The molecule has 2 amide bonds. The Morgan fingerprint density at radius 3 is 2.70 bits per heavy atom. The Balaban J connectivity index is 0.00000149. The number of benzene rings is 1. The predicted octanol–water partition coefficient (Wildman–Crippen LogP) is 4.10. The summed E-state index contributed by atoms with van der Waals surface area (Å²) >= 11 is 0. The van der Waals surface area contributed by atoms with Crippen molar-refractivity contribution in [1.29, 1.82) is 0 Å². The number of aliphatic imine (C=N–C) groups is 1. The first-order valence-corrected chi connectivity index (χ1v) is 12.5. The number of ether oxygens (including phenoxy) is 1. The highest BCUT2D eigenvalue weighted by molar-refractivity contribution is 5.98. The summed E-state index contributed by atoms with van der Waals surface area (Å²) in [5, 5.41) is 2.94. The van der Waals surface area contributed by atoms with Gasteiger partial charge in [0.15, 0.2) is 5.96 Å². The number of hydrogen-bond donors (Lipinski definition) is 2. The van der Waals surface area contributed by atoms with Gasteiger partial charge in [0.25, 0.3) is 0 Å². The zero-order valence-electron chi connectivity index (χ0n) is 20.6. The number of carbonyl (C=O) groups excluding carboxylic acids is 2. The summed E-state index contributed by atoms with van der Waals surface area (Å²) in [5.41, 5.74) is 8.05. The van der Waals surface area contributed by atoms with Crippen molar-refractivity contribution in [3.05, 3.63) is 29.3 Å². The first-order valence-electron chi connectivity index (χ1n) is 12.5. The van der Waals surface area contributed by atoms with Gasteiger partial charge >= 0.3 is 0 Å². The van der Waals surface area contributed by atoms with Crippen molar-refractivity contribution in [2.45, 2.75) is 96.7 Å². The van der Waals surface area contributed by atoms with E-state index in [2.05, 4.69) is 22.4 Å². The molecule has 0 bridgehead atoms. The summed E-state index contributed by atoms with van der Waals surface area (Å²) in [4.78, 5) is 29.7. The van der Waals surface area contributed by atoms with E-state index < -0.39 is 0 Å². The first kappa shape index (κ1) is 25.1. The van der Waals surface area contributed by atoms with Gasteiger partial charge in [0.05, 0.1) is 12.1 Å². The Morgan fingerprint density at radius 2 is 2.03 bits per heavy atom. The van der Waals surface area contributed by atoms with Gasteiger partial charge in [-0.3, -0.25) is 14.5 Å². The van der Waals surface area contributed by atoms with Crippen molar-refractivity contribution < 1.29 is 14.3 Å². The molecule has 2 atom stereocenters. The van der Waals surface area contributed by atoms with Crippen molar-refractivity contribution in [3.63, 3.8) is 0 Å². The van der Waals surface area contributed by atoms with Crippen LogP contribution < -0.4 is 15.8 Å². The van der Waals surface area contributed by atoms with Gasteiger partial charge in [0, 0.05) is 24.9 Å². The molecule has 0 aromatic heterocycles. The third kappa shape index (κ3) is 6.71. The van der Waals surface area contributed by atoms with Crippen LogP contribution in [0.2, 0.25) is 0 Å². The normalized spacial score (nSPS) is 23.5. The van der Waals surface area contributed by atoms with Crippen LogP contribution in [-0.4, -0.2) is 41.4 Å². The average Bonchev–Trinajstić information content (AvgIpc) is 3.59. The molecule has 1 fully saturated rings. The molecule has 33 heavy (non-hydrogen) atoms. The Kier molecular flexibility index (Phi) is 8.38. The largest absolute Gasteiger partial charge is 0.487 e. The Morgan fingerprint density at radius 1 is 1.27 bits per heavy atom. The quantitative estimate of drug-likeness (QED) is 0.432. The molecule has 3 aliphatic rings. The molecule has 3 N–H and O–H groups in total. The second kappa shape index (κ2) is 11.0. The molecule has 1 saturated carbocycles. The molecule has 7 heteroatoms. The van der Waals surface area contributed by atoms with Gasteiger partial charge < -0.3 is 15.8 Å². The smallest absolute Gasteiger partial charge is 0.231 e. The van der Waals surface area contributed by atoms with Gasteiger partial charge in [-0.1, -0.05) is 32.4 Å². The molecular weight excluding hydrogens is 416 g/mol. The molecule has 0 spiro atoms. The number of nitrogens with zero attached hydrogens (tertiary/aromatic N) is 2. The van der Waals surface area contributed by atoms with E-state index in [1.165, 1.54) is 18.4 Å². The number of nitrogens with one attached hydrogen (secondary N) is 1. The highest BCUT2D eigenvalue weighted by atomic mass is 16.5. The zero-order chi connectivity index (χ0) is 24.0. The number of nitrogens with two attached hydrogens (primary N) is 1. The maximum Gasteiger partial charge on any atom is 0.231 e. The Hall–Kier alpha value is -2.57. The number of rotatable bonds is 9. The number of unbranched alkanes of at least 4 members (excludes halogenated alkanes) is 1. The summed E-state index contributed by atoms with van der Waals surface area (Å²) < 4.78 is 6.09. The van der Waals surface area contributed by atoms with E-state index in [-0.39, 0.29) is 23.6 Å². The summed E-state index contributed by atoms with van der Waals surface area (Å²) in [5.74, 6) is 1.99. The van der Waals surface area contributed by atoms with Crippen LogP contribution in [0.5, 0.6) is 5.75 Å². The summed E-state index contributed by atoms with van der Waals surface area (Å²) in [7, 11) is 0. The molecular formula is C26H40N4O3. The molecule has 1 aromatic rings. The maximum absolute atomic E-state index is 12.4. The lowest BCUT2D eigenvalue weighted by atomic mass is 9.88. The maximum atomic E-state index is 12.4. The van der Waals surface area contributed by atoms with Gasteiger partial charge in [0.2, 0.25) is 12.3 Å². The van der Waals surface area contributed by atoms with Gasteiger partial charge in [-0.25, -0.2) is 4.99 Å². The van der Waals surface area contributed by atoms with E-state index in [9.17, 15) is 9.59 Å². The van der Waals surface area contributed by atoms with Gasteiger partial charge in [-0.15, -0.1) is 0 Å². The van der Waals surface area contributed by atoms with Crippen LogP contribution in [0.25, 0.3) is 0 Å². The fourth-order valence-electron chi connectivity index (χ4n) is 4.66. The Bertz CT molecular complexity index is 863. The van der Waals surface area contributed by atoms with E-state index in [1.807, 2.05) is 33.8 Å². The van der Waals surface area contributed by atoms with Gasteiger partial charge in [-0.2, -0.15) is 0 Å². The van der Waals surface area contributed by atoms with Crippen LogP contribution in [0.1, 0.15) is 89.8 Å². The van der Waals surface area contributed by atoms with Crippen molar-refractivity contribution in [3.8, 4) is 5.75 Å². The Labute approximate surface area is 198 Å². The summed E-state index contributed by atoms with van der Waals surface area (Å²) in [6.07, 6.45) is 8.20. The molecule has 0 radical (unpaired) electrons. The van der Waals surface area contributed by atoms with E-state index in [4.69, 9.17) is 10.5 Å². The van der Waals surface area contributed by atoms with Crippen LogP contribution in [0.15, 0.2) is 23.2 Å². The predicted molar refractivity (Wildman–Crippen MR) is 131 cm³/mol. The molecule has 2 heterocycles. The summed E-state index contributed by atoms with van der Waals surface area (Å²) in [6, 6.07) is 6.25. The standard InChI is InChI=1S/C24H34N4O3.C2H6/c1-24(2)13-20(26-15-29)19-11-16(9-10-21(19)31-24)5-3-4-6-18-12-22(30)28(23(25)27-18)14-17-7-8-17;1-2/h9-11,15,17-18,20H,3-8,12-14H2,1-2H3,(H2,25,27)(H,26,29);1-2H3. The number of carbonyl (C=O) groups is 2. The first-order chi connectivity index (χ1) is 15.8. The molecule has 2 aliphatic heterocycles. The fraction of sp³-hybridized carbons (Fsp3) is 0.654. The highest BCUT2D eigenvalue weighted by Crippen LogP contribution is 2.40. The molecule has 1 aromatic carbocycles. The van der Waals surface area contributed by atoms with Gasteiger partial charge in [-0.05, 0) is 63.5 Å². The fourth-order valence-corrected chi connectivity index (χ4v) is 4.66. The van der Waals surface area contributed by atoms with Crippen LogP contribution in [0.3, 0.4) is 0 Å². The number of amides is 2. The average molecular weight is 457 g/mol. The summed E-state index contributed by atoms with van der Waals surface area (Å²) in [6.45, 7) is 8.82. The lowest BCUT2D eigenvalue weighted by molar-refractivity contribution is -0.128. The minimum Gasteiger partial charge on any atom is -0.487 e. The molecule has 1 aliphatic carbocycles. The highest BCUT2D eigenvalue weighted by Gasteiger charge is 2.34. The number of hydrogen-bond acceptors (Lipinski definition) is 5. The lowest BCUT2D eigenvalue weighted by Gasteiger charge is -2.37. The van der Waals surface area contributed by atoms with Crippen LogP contribution in [-0.2, 0) is 16.0 Å². The monoisotopic (exact) mass is 456 g/mol. The number of aryl methyl sites for hydroxylation is 1. The lowest BCUT2D eigenvalue weighted by Crippen LogP contribution is -2.48. The van der Waals surface area contributed by atoms with Crippen LogP contribution in [0.4, 0.5) is 0 Å². The van der Waals surface area contributed by atoms with Crippen LogP contribution in [0, 0.1) is 5.92 Å². The van der Waals surface area contributed by atoms with E-state index >= 15 is 0 Å². The van der Waals surface area contributed by atoms with Crippen molar-refractivity contribution in [1.82, 2.24) is 10.2 Å². The molecule has 4 rings (SSSR count).